The summed E-state index contributed by atoms with van der Waals surface area (Å²) in [5.41, 5.74) is -3.95. The molecule has 17 heteroatoms. The van der Waals surface area contributed by atoms with Crippen molar-refractivity contribution in [3.8, 4) is 0 Å². The van der Waals surface area contributed by atoms with Gasteiger partial charge in [0.25, 0.3) is 0 Å². The average Bonchev–Trinajstić information content (AvgIpc) is 3.32. The van der Waals surface area contributed by atoms with Gasteiger partial charge in [-0.15, -0.1) is 0 Å². The largest absolute Gasteiger partial charge is 0.459 e. The molecule has 2 N–H and O–H groups in total. The number of ketones is 1. The highest BCUT2D eigenvalue weighted by Gasteiger charge is 2.54. The first kappa shape index (κ1) is 57.4. The molecule has 4 rings (SSSR count). The molecular weight excluding hydrogens is 895 g/mol. The van der Waals surface area contributed by atoms with E-state index in [1.54, 1.807) is 109 Å². The minimum atomic E-state index is -2.02. The second kappa shape index (κ2) is 24.8. The van der Waals surface area contributed by atoms with Gasteiger partial charge in [0.15, 0.2) is 42.5 Å². The fourth-order valence-electron chi connectivity index (χ4n) is 9.65. The van der Waals surface area contributed by atoms with E-state index in [2.05, 4.69) is 0 Å². The molecule has 0 saturated carbocycles. The number of esters is 3. The van der Waals surface area contributed by atoms with Crippen molar-refractivity contribution in [2.75, 3.05) is 28.3 Å². The van der Waals surface area contributed by atoms with Gasteiger partial charge in [0, 0.05) is 26.6 Å². The van der Waals surface area contributed by atoms with E-state index in [1.165, 1.54) is 28.1 Å². The lowest BCUT2D eigenvalue weighted by molar-refractivity contribution is -0.318. The third-order valence-corrected chi connectivity index (χ3v) is 13.9. The normalized spacial score (nSPS) is 28.9. The molecular formula is C52H77NO16. The van der Waals surface area contributed by atoms with Crippen LogP contribution in [-0.2, 0) is 57.0 Å². The van der Waals surface area contributed by atoms with Crippen LogP contribution < -0.4 is 0 Å². The van der Waals surface area contributed by atoms with E-state index < -0.39 is 126 Å². The Hall–Kier alpha value is -4.17. The van der Waals surface area contributed by atoms with E-state index in [4.69, 9.17) is 42.6 Å². The van der Waals surface area contributed by atoms with E-state index in [0.29, 0.717) is 23.8 Å². The second-order valence-corrected chi connectivity index (χ2v) is 19.7. The predicted molar refractivity (Wildman–Crippen MR) is 253 cm³/mol. The number of methoxy groups -OCH3 is 2. The van der Waals surface area contributed by atoms with Crippen molar-refractivity contribution >= 4 is 30.0 Å². The minimum absolute atomic E-state index is 0.00316. The van der Waals surface area contributed by atoms with E-state index in [0.717, 1.165) is 0 Å². The number of benzene rings is 2. The Morgan fingerprint density at radius 3 is 1.97 bits per heavy atom. The monoisotopic (exact) mass is 972 g/mol. The number of ether oxygens (including phenoxy) is 9. The Balaban J connectivity index is 1.86. The van der Waals surface area contributed by atoms with Crippen molar-refractivity contribution in [3.05, 3.63) is 71.8 Å². The first-order valence-corrected chi connectivity index (χ1v) is 23.8. The van der Waals surface area contributed by atoms with Gasteiger partial charge in [-0.25, -0.2) is 9.59 Å². The molecule has 386 valence electrons. The number of Topliss-reactive ketones (excluding diaryl/α,β-unsaturated/α-hetero) is 1. The molecule has 2 heterocycles. The number of nitrogens with zero attached hydrogens (tertiary/aromatic N) is 1. The summed E-state index contributed by atoms with van der Waals surface area (Å²) in [5, 5.41) is 22.0. The highest BCUT2D eigenvalue weighted by Crippen LogP contribution is 2.42. The van der Waals surface area contributed by atoms with Crippen molar-refractivity contribution in [2.24, 2.45) is 17.8 Å². The third-order valence-electron chi connectivity index (χ3n) is 13.9. The minimum Gasteiger partial charge on any atom is -0.459 e. The Morgan fingerprint density at radius 1 is 0.913 bits per heavy atom. The van der Waals surface area contributed by atoms with Gasteiger partial charge in [-0.3, -0.25) is 14.4 Å². The summed E-state index contributed by atoms with van der Waals surface area (Å²) >= 11 is 0. The van der Waals surface area contributed by atoms with Gasteiger partial charge >= 0.3 is 17.9 Å². The van der Waals surface area contributed by atoms with Crippen molar-refractivity contribution in [2.45, 2.75) is 179 Å². The molecule has 2 aromatic rings. The SMILES string of the molecule is CC[C@@H](OC(=O)[C@H](C)[C@@H](O[C@H]1C[C@@](C)(OC)[C@@H](OC(=O)c2ccccc2)[C@H](C)O1)[C@H](C)[C@@H](O[C@@H]1O[C@H](C)C[C@H](N(C)C)[C@H]1OC(=O)c1ccccc1)[C@@](C)(C[C@@H](C)[C@H](O)C(C)=O)OC)[C@@](C)(O)C=O. The lowest BCUT2D eigenvalue weighted by Crippen LogP contribution is -2.61. The van der Waals surface area contributed by atoms with Crippen LogP contribution in [0.5, 0.6) is 0 Å². The molecule has 0 bridgehead atoms. The quantitative estimate of drug-likeness (QED) is 0.0730. The summed E-state index contributed by atoms with van der Waals surface area (Å²) in [6.07, 6.45) is -9.53. The molecule has 0 aliphatic carbocycles. The van der Waals surface area contributed by atoms with Crippen molar-refractivity contribution in [1.29, 1.82) is 0 Å². The van der Waals surface area contributed by atoms with Crippen LogP contribution in [0.2, 0.25) is 0 Å². The molecule has 2 aliphatic rings. The van der Waals surface area contributed by atoms with Gasteiger partial charge < -0.3 is 57.7 Å². The van der Waals surface area contributed by atoms with Crippen LogP contribution in [0.25, 0.3) is 0 Å². The molecule has 17 atom stereocenters. The fraction of sp³-hybridized carbons (Fsp3) is 0.673. The summed E-state index contributed by atoms with van der Waals surface area (Å²) in [7, 11) is 6.67. The van der Waals surface area contributed by atoms with E-state index in [-0.39, 0.29) is 19.3 Å². The molecule has 69 heavy (non-hydrogen) atoms. The number of aliphatic hydroxyl groups is 2. The topological polar surface area (TPSA) is 212 Å². The summed E-state index contributed by atoms with van der Waals surface area (Å²) in [5.74, 6) is -5.25. The predicted octanol–water partition coefficient (Wildman–Crippen LogP) is 5.74. The van der Waals surface area contributed by atoms with Crippen LogP contribution in [0.3, 0.4) is 0 Å². The standard InChI is InChI=1S/C52H77NO16/c1-15-39(50(8,60)29-54)65-46(57)33(5)42(66-40-28-52(10,62-14)45(35(7)64-40)68-48(59)37-24-20-17-21-25-37)32(4)44(51(9,61-13)27-30(2)41(56)34(6)55)69-49-43(38(53(11)12)26-31(3)63-49)67-47(58)36-22-18-16-19-23-36/h16-25,29-33,35,38-45,49,56,60H,15,26-28H2,1-14H3/t30-,31-,32+,33-,35+,38+,39-,40+,41+,42+,43-,44-,45+,49+,50+,51-,52-/m1/s1. The lowest BCUT2D eigenvalue weighted by atomic mass is 9.76. The van der Waals surface area contributed by atoms with Crippen LogP contribution >= 0.6 is 0 Å². The second-order valence-electron chi connectivity index (χ2n) is 19.7. The van der Waals surface area contributed by atoms with Gasteiger partial charge in [0.1, 0.15) is 17.8 Å². The lowest BCUT2D eigenvalue weighted by Gasteiger charge is -2.50. The highest BCUT2D eigenvalue weighted by molar-refractivity contribution is 5.90. The van der Waals surface area contributed by atoms with Crippen LogP contribution in [0.1, 0.15) is 116 Å². The Morgan fingerprint density at radius 2 is 1.48 bits per heavy atom. The average molecular weight is 972 g/mol. The first-order valence-electron chi connectivity index (χ1n) is 23.8. The van der Waals surface area contributed by atoms with Gasteiger partial charge in [-0.2, -0.15) is 0 Å². The number of carbonyl (C=O) groups excluding carboxylic acids is 5. The maximum Gasteiger partial charge on any atom is 0.338 e. The number of carbonyl (C=O) groups is 5. The molecule has 2 fully saturated rings. The summed E-state index contributed by atoms with van der Waals surface area (Å²) in [6.45, 7) is 16.4. The van der Waals surface area contributed by atoms with Crippen LogP contribution in [0, 0.1) is 17.8 Å². The van der Waals surface area contributed by atoms with E-state index >= 15 is 0 Å². The van der Waals surface area contributed by atoms with Crippen molar-refractivity contribution in [1.82, 2.24) is 4.90 Å². The van der Waals surface area contributed by atoms with E-state index in [1.807, 2.05) is 25.9 Å². The zero-order valence-electron chi connectivity index (χ0n) is 42.8. The van der Waals surface area contributed by atoms with Crippen LogP contribution in [0.15, 0.2) is 60.7 Å². The molecule has 2 aliphatic heterocycles. The zero-order valence-corrected chi connectivity index (χ0v) is 42.8. The summed E-state index contributed by atoms with van der Waals surface area (Å²) < 4.78 is 57.8. The first-order chi connectivity index (χ1) is 32.4. The molecule has 0 aromatic heterocycles. The number of rotatable bonds is 24. The van der Waals surface area contributed by atoms with E-state index in [9.17, 15) is 34.2 Å². The third kappa shape index (κ3) is 14.3. The Bertz CT molecular complexity index is 1980. The highest BCUT2D eigenvalue weighted by atomic mass is 16.7. The molecule has 0 radical (unpaired) electrons. The number of aliphatic hydroxyl groups excluding tert-OH is 1. The Labute approximate surface area is 407 Å². The van der Waals surface area contributed by atoms with Gasteiger partial charge in [0.05, 0.1) is 53.1 Å². The molecule has 2 saturated heterocycles. The summed E-state index contributed by atoms with van der Waals surface area (Å²) in [6, 6.07) is 16.6. The smallest absolute Gasteiger partial charge is 0.338 e. The maximum absolute atomic E-state index is 14.5. The molecule has 0 unspecified atom stereocenters. The zero-order chi connectivity index (χ0) is 51.6. The number of hydrogen-bond donors (Lipinski definition) is 2. The maximum atomic E-state index is 14.5. The number of aldehydes is 1. The number of likely N-dealkylation sites (N-methyl/N-ethyl adjacent to an activating group) is 1. The van der Waals surface area contributed by atoms with Crippen molar-refractivity contribution < 1.29 is 76.8 Å². The summed E-state index contributed by atoms with van der Waals surface area (Å²) in [4.78, 5) is 68.2. The molecule has 17 nitrogen and oxygen atoms in total. The Kier molecular flexibility index (Phi) is 20.6. The van der Waals surface area contributed by atoms with Crippen molar-refractivity contribution in [3.63, 3.8) is 0 Å². The van der Waals surface area contributed by atoms with Gasteiger partial charge in [-0.05, 0) is 112 Å². The fourth-order valence-corrected chi connectivity index (χ4v) is 9.65. The molecule has 0 amide bonds. The number of hydrogen-bond acceptors (Lipinski definition) is 17. The van der Waals surface area contributed by atoms with Crippen LogP contribution in [0.4, 0.5) is 0 Å². The van der Waals surface area contributed by atoms with Gasteiger partial charge in [0.2, 0.25) is 0 Å². The molecule has 0 spiro atoms. The van der Waals surface area contributed by atoms with Gasteiger partial charge in [-0.1, -0.05) is 57.2 Å². The van der Waals surface area contributed by atoms with Crippen LogP contribution in [-0.4, -0.2) is 158 Å². The molecule has 2 aromatic carbocycles.